The minimum Gasteiger partial charge on any atom is -0.358 e. The summed E-state index contributed by atoms with van der Waals surface area (Å²) in [6, 6.07) is 0. The summed E-state index contributed by atoms with van der Waals surface area (Å²) in [6.07, 6.45) is 4.53. The van der Waals surface area contributed by atoms with Crippen molar-refractivity contribution in [2.75, 3.05) is 0 Å². The van der Waals surface area contributed by atoms with Crippen molar-refractivity contribution >= 4 is 5.82 Å². The topological polar surface area (TPSA) is 61.0 Å². The average molecular weight is 225 g/mol. The van der Waals surface area contributed by atoms with Crippen LogP contribution in [0.15, 0.2) is 6.20 Å². The first-order chi connectivity index (χ1) is 7.57. The van der Waals surface area contributed by atoms with Crippen molar-refractivity contribution in [3.63, 3.8) is 0 Å². The van der Waals surface area contributed by atoms with E-state index in [0.717, 1.165) is 25.1 Å². The molecule has 90 valence electrons. The van der Waals surface area contributed by atoms with Crippen LogP contribution in [0.4, 0.5) is 5.82 Å². The molecule has 0 radical (unpaired) electrons. The second kappa shape index (κ2) is 5.63. The maximum Gasteiger partial charge on any atom is 0.342 e. The average Bonchev–Trinajstić information content (AvgIpc) is 2.62. The van der Waals surface area contributed by atoms with Crippen LogP contribution >= 0.6 is 0 Å². The van der Waals surface area contributed by atoms with Crippen LogP contribution in [0.3, 0.4) is 0 Å². The second-order valence-corrected chi connectivity index (χ2v) is 4.25. The summed E-state index contributed by atoms with van der Waals surface area (Å²) in [4.78, 5) is 14.6. The van der Waals surface area contributed by atoms with Crippen molar-refractivity contribution in [3.8, 4) is 0 Å². The van der Waals surface area contributed by atoms with Crippen LogP contribution in [-0.2, 0) is 6.54 Å². The molecule has 1 aromatic heterocycles. The Labute approximate surface area is 95.6 Å². The van der Waals surface area contributed by atoms with Gasteiger partial charge in [-0.3, -0.25) is 0 Å². The molecule has 0 N–H and O–H groups in total. The van der Waals surface area contributed by atoms with Gasteiger partial charge in [-0.05, 0) is 17.8 Å². The summed E-state index contributed by atoms with van der Waals surface area (Å²) in [7, 11) is 0. The maximum atomic E-state index is 10.8. The number of nitro groups is 1. The predicted octanol–water partition coefficient (Wildman–Crippen LogP) is 3.10. The van der Waals surface area contributed by atoms with Gasteiger partial charge in [-0.25, -0.2) is 9.55 Å². The highest BCUT2D eigenvalue weighted by atomic mass is 16.6. The second-order valence-electron chi connectivity index (χ2n) is 4.25. The fourth-order valence-electron chi connectivity index (χ4n) is 1.74. The molecule has 0 saturated carbocycles. The quantitative estimate of drug-likeness (QED) is 0.424. The molecule has 0 aliphatic rings. The van der Waals surface area contributed by atoms with E-state index in [1.807, 2.05) is 13.8 Å². The van der Waals surface area contributed by atoms with Crippen molar-refractivity contribution in [1.82, 2.24) is 9.55 Å². The molecule has 0 aliphatic carbocycles. The largest absolute Gasteiger partial charge is 0.358 e. The van der Waals surface area contributed by atoms with E-state index in [-0.39, 0.29) is 16.7 Å². The first-order valence-corrected chi connectivity index (χ1v) is 5.77. The van der Waals surface area contributed by atoms with Gasteiger partial charge >= 0.3 is 5.82 Å². The van der Waals surface area contributed by atoms with Crippen molar-refractivity contribution in [2.45, 2.75) is 52.5 Å². The van der Waals surface area contributed by atoms with E-state index in [4.69, 9.17) is 0 Å². The fourth-order valence-corrected chi connectivity index (χ4v) is 1.74. The summed E-state index contributed by atoms with van der Waals surface area (Å²) >= 11 is 0. The molecule has 0 unspecified atom stereocenters. The summed E-state index contributed by atoms with van der Waals surface area (Å²) in [6.45, 7) is 6.81. The number of imidazole rings is 1. The zero-order valence-electron chi connectivity index (χ0n) is 10.1. The van der Waals surface area contributed by atoms with E-state index in [1.54, 1.807) is 4.57 Å². The lowest BCUT2D eigenvalue weighted by molar-refractivity contribution is -0.392. The molecule has 1 rings (SSSR count). The van der Waals surface area contributed by atoms with Gasteiger partial charge in [0.2, 0.25) is 0 Å². The number of hydrogen-bond donors (Lipinski definition) is 0. The Hall–Kier alpha value is -1.39. The highest BCUT2D eigenvalue weighted by Crippen LogP contribution is 2.21. The number of hydrogen-bond acceptors (Lipinski definition) is 3. The molecule has 0 amide bonds. The van der Waals surface area contributed by atoms with Crippen LogP contribution in [0.2, 0.25) is 0 Å². The predicted molar refractivity (Wildman–Crippen MR) is 62.5 cm³/mol. The van der Waals surface area contributed by atoms with Crippen LogP contribution < -0.4 is 0 Å². The summed E-state index contributed by atoms with van der Waals surface area (Å²) in [5.74, 6) is 1.14. The van der Waals surface area contributed by atoms with E-state index >= 15 is 0 Å². The molecule has 0 bridgehead atoms. The zero-order valence-corrected chi connectivity index (χ0v) is 10.1. The molecule has 5 heteroatoms. The van der Waals surface area contributed by atoms with Gasteiger partial charge in [0.05, 0.1) is 6.54 Å². The first kappa shape index (κ1) is 12.7. The molecule has 16 heavy (non-hydrogen) atoms. The minimum atomic E-state index is -0.356. The van der Waals surface area contributed by atoms with Crippen LogP contribution in [-0.4, -0.2) is 14.5 Å². The van der Waals surface area contributed by atoms with Gasteiger partial charge < -0.3 is 10.1 Å². The van der Waals surface area contributed by atoms with Gasteiger partial charge in [0.1, 0.15) is 6.20 Å². The monoisotopic (exact) mass is 225 g/mol. The molecule has 5 nitrogen and oxygen atoms in total. The highest BCUT2D eigenvalue weighted by molar-refractivity contribution is 5.20. The molecule has 0 aromatic carbocycles. The lowest BCUT2D eigenvalue weighted by Gasteiger charge is -2.06. The van der Waals surface area contributed by atoms with E-state index < -0.39 is 0 Å². The Bertz CT molecular complexity index is 358. The molecule has 0 fully saturated rings. The minimum absolute atomic E-state index is 0.111. The highest BCUT2D eigenvalue weighted by Gasteiger charge is 2.21. The molecular formula is C11H19N3O2. The Morgan fingerprint density at radius 3 is 2.69 bits per heavy atom. The van der Waals surface area contributed by atoms with Crippen molar-refractivity contribution < 1.29 is 4.92 Å². The van der Waals surface area contributed by atoms with E-state index in [2.05, 4.69) is 11.9 Å². The third-order valence-corrected chi connectivity index (χ3v) is 2.55. The SMILES string of the molecule is CCCCCn1c([N+](=O)[O-])cnc1C(C)C. The van der Waals surface area contributed by atoms with E-state index in [9.17, 15) is 10.1 Å². The summed E-state index contributed by atoms with van der Waals surface area (Å²) in [5.41, 5.74) is 0. The van der Waals surface area contributed by atoms with Gasteiger partial charge in [0, 0.05) is 5.92 Å². The number of unbranched alkanes of at least 4 members (excludes halogenated alkanes) is 2. The maximum absolute atomic E-state index is 10.8. The van der Waals surface area contributed by atoms with Crippen LogP contribution in [0.25, 0.3) is 0 Å². The molecule has 0 aliphatic heterocycles. The van der Waals surface area contributed by atoms with Crippen molar-refractivity contribution in [3.05, 3.63) is 22.1 Å². The fraction of sp³-hybridized carbons (Fsp3) is 0.727. The lowest BCUT2D eigenvalue weighted by Crippen LogP contribution is -2.08. The molecule has 0 saturated heterocycles. The third kappa shape index (κ3) is 2.81. The van der Waals surface area contributed by atoms with Gasteiger partial charge in [0.15, 0.2) is 5.82 Å². The number of aromatic nitrogens is 2. The molecular weight excluding hydrogens is 206 g/mol. The normalized spacial score (nSPS) is 11.0. The molecule has 0 spiro atoms. The molecule has 0 atom stereocenters. The Morgan fingerprint density at radius 2 is 2.19 bits per heavy atom. The third-order valence-electron chi connectivity index (χ3n) is 2.55. The van der Waals surface area contributed by atoms with Crippen LogP contribution in [0, 0.1) is 10.1 Å². The summed E-state index contributed by atoms with van der Waals surface area (Å²) < 4.78 is 1.74. The molecule has 1 heterocycles. The first-order valence-electron chi connectivity index (χ1n) is 5.77. The Kier molecular flexibility index (Phi) is 4.46. The van der Waals surface area contributed by atoms with Crippen LogP contribution in [0.5, 0.6) is 0 Å². The standard InChI is InChI=1S/C11H19N3O2/c1-4-5-6-7-13-10(14(15)16)8-12-11(13)9(2)3/h8-9H,4-7H2,1-3H3. The Balaban J connectivity index is 2.90. The van der Waals surface area contributed by atoms with E-state index in [1.165, 1.54) is 6.20 Å². The van der Waals surface area contributed by atoms with Crippen LogP contribution in [0.1, 0.15) is 51.8 Å². The van der Waals surface area contributed by atoms with E-state index in [0.29, 0.717) is 6.54 Å². The number of nitrogens with zero attached hydrogens (tertiary/aromatic N) is 3. The smallest absolute Gasteiger partial charge is 0.342 e. The zero-order chi connectivity index (χ0) is 12.1. The molecule has 1 aromatic rings. The van der Waals surface area contributed by atoms with Gasteiger partial charge in [-0.1, -0.05) is 27.2 Å². The van der Waals surface area contributed by atoms with Gasteiger partial charge in [-0.15, -0.1) is 0 Å². The lowest BCUT2D eigenvalue weighted by atomic mass is 10.2. The van der Waals surface area contributed by atoms with Gasteiger partial charge in [-0.2, -0.15) is 0 Å². The summed E-state index contributed by atoms with van der Waals surface area (Å²) in [5, 5.41) is 10.8. The van der Waals surface area contributed by atoms with Crippen molar-refractivity contribution in [1.29, 1.82) is 0 Å². The van der Waals surface area contributed by atoms with Gasteiger partial charge in [0.25, 0.3) is 0 Å². The number of rotatable bonds is 6. The van der Waals surface area contributed by atoms with Crippen molar-refractivity contribution in [2.24, 2.45) is 0 Å². The Morgan fingerprint density at radius 1 is 1.50 bits per heavy atom.